The number of aliphatic hydroxyl groups is 1. The maximum absolute atomic E-state index is 12.1. The standard InChI is InChI=1S/C20H28N3O5PS.C5H10O2/c1-15-12-17(28-19(15)23-9-8-18(24)22-20(23)25)14-27-29(26-10-11-30-2)21-13-16-6-4-3-5-7-16;1-5(2,3-6)4-7/h3-9,15,17,19,21H,10-14H2,1-2H3,(H,22,24,25);3,7H,4H2,1-2H3. The molecule has 4 unspecified atom stereocenters. The lowest BCUT2D eigenvalue weighted by molar-refractivity contribution is -0.116. The SMILES string of the molecule is CC(C)(C=O)CO.CSCCOP(NCc1ccccc1)OCC1CC(C)C(n2ccc(=O)[nH]c2=O)O1. The number of nitrogens with zero attached hydrogens (tertiary/aromatic N) is 1. The van der Waals surface area contributed by atoms with Gasteiger partial charge >= 0.3 is 5.69 Å². The maximum atomic E-state index is 12.1. The van der Waals surface area contributed by atoms with E-state index in [2.05, 4.69) is 22.2 Å². The van der Waals surface area contributed by atoms with Gasteiger partial charge in [-0.1, -0.05) is 51.1 Å². The number of aliphatic hydroxyl groups excluding tert-OH is 1. The van der Waals surface area contributed by atoms with Crippen LogP contribution < -0.4 is 16.3 Å². The predicted molar refractivity (Wildman–Crippen MR) is 146 cm³/mol. The van der Waals surface area contributed by atoms with Crippen molar-refractivity contribution in [3.63, 3.8) is 0 Å². The Kier molecular flexibility index (Phi) is 13.7. The van der Waals surface area contributed by atoms with Crippen LogP contribution in [0.25, 0.3) is 0 Å². The van der Waals surface area contributed by atoms with Crippen LogP contribution in [0.15, 0.2) is 52.2 Å². The molecule has 1 aliphatic rings. The summed E-state index contributed by atoms with van der Waals surface area (Å²) in [6, 6.07) is 11.4. The summed E-state index contributed by atoms with van der Waals surface area (Å²) in [5.74, 6) is 1.01. The van der Waals surface area contributed by atoms with Gasteiger partial charge in [0.1, 0.15) is 12.5 Å². The monoisotopic (exact) mass is 555 g/mol. The van der Waals surface area contributed by atoms with Crippen LogP contribution >= 0.6 is 20.3 Å². The molecule has 1 aromatic heterocycles. The van der Waals surface area contributed by atoms with Gasteiger partial charge in [-0.15, -0.1) is 0 Å². The molecule has 1 fully saturated rings. The zero-order valence-corrected chi connectivity index (χ0v) is 23.5. The summed E-state index contributed by atoms with van der Waals surface area (Å²) in [4.78, 5) is 35.6. The third kappa shape index (κ3) is 11.2. The molecule has 0 saturated carbocycles. The van der Waals surface area contributed by atoms with Crippen LogP contribution in [0.4, 0.5) is 0 Å². The normalized spacial score (nSPS) is 20.2. The average molecular weight is 556 g/mol. The summed E-state index contributed by atoms with van der Waals surface area (Å²) in [5, 5.41) is 11.7. The van der Waals surface area contributed by atoms with Crippen molar-refractivity contribution in [2.24, 2.45) is 11.3 Å². The van der Waals surface area contributed by atoms with Crippen molar-refractivity contribution in [1.82, 2.24) is 14.6 Å². The number of aromatic amines is 1. The molecule has 1 saturated heterocycles. The lowest BCUT2D eigenvalue weighted by Crippen LogP contribution is -2.33. The molecule has 37 heavy (non-hydrogen) atoms. The second-order valence-electron chi connectivity index (χ2n) is 9.34. The number of aromatic nitrogens is 2. The second-order valence-corrected chi connectivity index (χ2v) is 11.7. The number of hydrogen-bond acceptors (Lipinski definition) is 9. The van der Waals surface area contributed by atoms with Gasteiger partial charge in [0.05, 0.1) is 25.9 Å². The molecule has 3 N–H and O–H groups in total. The van der Waals surface area contributed by atoms with E-state index in [0.717, 1.165) is 24.0 Å². The van der Waals surface area contributed by atoms with E-state index in [4.69, 9.17) is 18.9 Å². The van der Waals surface area contributed by atoms with E-state index in [9.17, 15) is 14.4 Å². The number of hydrogen-bond donors (Lipinski definition) is 3. The third-order valence-corrected chi connectivity index (χ3v) is 7.23. The number of benzene rings is 1. The smallest absolute Gasteiger partial charge is 0.330 e. The number of rotatable bonds is 13. The van der Waals surface area contributed by atoms with Crippen molar-refractivity contribution in [2.75, 3.05) is 31.8 Å². The van der Waals surface area contributed by atoms with E-state index >= 15 is 0 Å². The van der Waals surface area contributed by atoms with E-state index < -0.39 is 31.4 Å². The van der Waals surface area contributed by atoms with Crippen LogP contribution in [0.5, 0.6) is 0 Å². The number of carbonyl (C=O) groups is 1. The second kappa shape index (κ2) is 16.2. The summed E-state index contributed by atoms with van der Waals surface area (Å²) in [5.41, 5.74) is -0.266. The van der Waals surface area contributed by atoms with Crippen LogP contribution in [0, 0.1) is 11.3 Å². The largest absolute Gasteiger partial charge is 0.395 e. The molecule has 0 bridgehead atoms. The first-order valence-electron chi connectivity index (χ1n) is 12.1. The summed E-state index contributed by atoms with van der Waals surface area (Å²) in [6.45, 7) is 6.94. The minimum atomic E-state index is -1.26. The molecule has 1 aromatic carbocycles. The van der Waals surface area contributed by atoms with Crippen LogP contribution in [0.3, 0.4) is 0 Å². The summed E-state index contributed by atoms with van der Waals surface area (Å²) < 4.78 is 19.4. The first kappa shape index (κ1) is 31.4. The summed E-state index contributed by atoms with van der Waals surface area (Å²) in [7, 11) is -1.26. The number of H-pyrrole nitrogens is 1. The van der Waals surface area contributed by atoms with Crippen LogP contribution in [-0.4, -0.2) is 58.9 Å². The molecule has 4 atom stereocenters. The van der Waals surface area contributed by atoms with Gasteiger partial charge in [0.2, 0.25) is 0 Å². The van der Waals surface area contributed by atoms with E-state index in [1.165, 1.54) is 16.8 Å². The molecular weight excluding hydrogens is 517 g/mol. The molecule has 0 spiro atoms. The molecule has 2 heterocycles. The van der Waals surface area contributed by atoms with Crippen LogP contribution in [-0.2, 0) is 25.1 Å². The van der Waals surface area contributed by atoms with E-state index in [1.807, 2.05) is 31.4 Å². The number of aldehydes is 1. The van der Waals surface area contributed by atoms with Gasteiger partial charge in [0, 0.05) is 35.9 Å². The molecule has 2 aromatic rings. The Labute approximate surface area is 223 Å². The molecule has 3 rings (SSSR count). The van der Waals surface area contributed by atoms with Crippen molar-refractivity contribution >= 4 is 26.6 Å². The Morgan fingerprint density at radius 2 is 2.00 bits per heavy atom. The van der Waals surface area contributed by atoms with E-state index in [1.54, 1.807) is 25.6 Å². The Hall–Kier alpha value is -1.85. The van der Waals surface area contributed by atoms with Crippen molar-refractivity contribution in [2.45, 2.75) is 46.1 Å². The quantitative estimate of drug-likeness (QED) is 0.194. The zero-order chi connectivity index (χ0) is 27.3. The number of thioether (sulfide) groups is 1. The first-order chi connectivity index (χ1) is 17.7. The van der Waals surface area contributed by atoms with E-state index in [-0.39, 0.29) is 18.6 Å². The Balaban J connectivity index is 0.000000604. The summed E-state index contributed by atoms with van der Waals surface area (Å²) >= 11 is 1.72. The van der Waals surface area contributed by atoms with Crippen molar-refractivity contribution in [3.05, 3.63) is 69.0 Å². The highest BCUT2D eigenvalue weighted by Gasteiger charge is 2.34. The molecule has 0 aliphatic carbocycles. The molecule has 0 radical (unpaired) electrons. The zero-order valence-electron chi connectivity index (χ0n) is 21.8. The fourth-order valence-corrected chi connectivity index (χ4v) is 4.77. The maximum Gasteiger partial charge on any atom is 0.330 e. The topological polar surface area (TPSA) is 132 Å². The average Bonchev–Trinajstić information content (AvgIpc) is 3.26. The molecule has 1 aliphatic heterocycles. The molecule has 10 nitrogen and oxygen atoms in total. The third-order valence-electron chi connectivity index (χ3n) is 5.43. The minimum Gasteiger partial charge on any atom is -0.395 e. The first-order valence-corrected chi connectivity index (χ1v) is 14.6. The Bertz CT molecular complexity index is 1050. The van der Waals surface area contributed by atoms with E-state index in [0.29, 0.717) is 19.8 Å². The van der Waals surface area contributed by atoms with Gasteiger partial charge in [0.25, 0.3) is 14.1 Å². The van der Waals surface area contributed by atoms with Crippen LogP contribution in [0.2, 0.25) is 0 Å². The number of nitrogens with one attached hydrogen (secondary N) is 2. The van der Waals surface area contributed by atoms with Crippen molar-refractivity contribution in [1.29, 1.82) is 0 Å². The number of ether oxygens (including phenoxy) is 1. The van der Waals surface area contributed by atoms with Gasteiger partial charge in [0.15, 0.2) is 0 Å². The number of carbonyl (C=O) groups excluding carboxylic acids is 1. The van der Waals surface area contributed by atoms with Crippen LogP contribution in [0.1, 0.15) is 39.0 Å². The molecule has 12 heteroatoms. The van der Waals surface area contributed by atoms with Crippen molar-refractivity contribution in [3.8, 4) is 0 Å². The highest BCUT2D eigenvalue weighted by Crippen LogP contribution is 2.38. The highest BCUT2D eigenvalue weighted by molar-refractivity contribution is 7.98. The van der Waals surface area contributed by atoms with Crippen molar-refractivity contribution < 1.29 is 23.7 Å². The van der Waals surface area contributed by atoms with Gasteiger partial charge in [-0.3, -0.25) is 14.3 Å². The predicted octanol–water partition coefficient (Wildman–Crippen LogP) is 3.08. The van der Waals surface area contributed by atoms with Gasteiger partial charge in [-0.05, 0) is 18.2 Å². The molecule has 206 valence electrons. The fraction of sp³-hybridized carbons (Fsp3) is 0.560. The molecule has 0 amide bonds. The van der Waals surface area contributed by atoms with Gasteiger partial charge in [-0.25, -0.2) is 9.88 Å². The Morgan fingerprint density at radius 3 is 2.59 bits per heavy atom. The fourth-order valence-electron chi connectivity index (χ4n) is 3.26. The molecular formula is C25H38N3O7PS. The minimum absolute atomic E-state index is 0.0729. The lowest BCUT2D eigenvalue weighted by Gasteiger charge is -2.21. The van der Waals surface area contributed by atoms with Gasteiger partial charge < -0.3 is 23.7 Å². The van der Waals surface area contributed by atoms with Gasteiger partial charge in [-0.2, -0.15) is 11.8 Å². The lowest BCUT2D eigenvalue weighted by atomic mass is 9.98. The highest BCUT2D eigenvalue weighted by atomic mass is 32.2. The Morgan fingerprint density at radius 1 is 1.27 bits per heavy atom. The summed E-state index contributed by atoms with van der Waals surface area (Å²) in [6.07, 6.45) is 4.43.